The molecule has 6 N–H and O–H groups in total. The Labute approximate surface area is 84.6 Å². The molecule has 0 aromatic carbocycles. The van der Waals surface area contributed by atoms with Crippen LogP contribution in [0.1, 0.15) is 0 Å². The fraction of sp³-hybridized carbons (Fsp3) is 1.00. The van der Waals surface area contributed by atoms with Crippen LogP contribution in [0.4, 0.5) is 0 Å². The molecule has 0 aliphatic rings. The summed E-state index contributed by atoms with van der Waals surface area (Å²) in [5, 5.41) is 0. The Morgan fingerprint density at radius 3 is 0.889 bits per heavy atom. The minimum absolute atomic E-state index is 0. The first-order chi connectivity index (χ1) is 1.91. The number of nitrogens with two attached hydrogens (primary N) is 2. The van der Waals surface area contributed by atoms with E-state index in [-0.39, 0.29) is 60.1 Å². The zero-order valence-corrected chi connectivity index (χ0v) is 8.15. The van der Waals surface area contributed by atoms with Gasteiger partial charge in [0.15, 0.2) is 0 Å². The van der Waals surface area contributed by atoms with Crippen LogP contribution in [0.15, 0.2) is 0 Å². The van der Waals surface area contributed by atoms with Crippen LogP contribution < -0.4 is 48.7 Å². The van der Waals surface area contributed by atoms with Gasteiger partial charge in [0.05, 0.1) is 0 Å². The van der Waals surface area contributed by atoms with Gasteiger partial charge in [-0.25, -0.2) is 0 Å². The Kier molecular flexibility index (Phi) is 317. The molecule has 61 valence electrons. The number of hydrogen-bond acceptors (Lipinski definition) is 2. The van der Waals surface area contributed by atoms with Crippen molar-refractivity contribution in [1.29, 1.82) is 0 Å². The topological polar surface area (TPSA) is 83.5 Å². The van der Waals surface area contributed by atoms with Crippen LogP contribution in [-0.4, -0.2) is 18.6 Å². The van der Waals surface area contributed by atoms with E-state index in [9.17, 15) is 0 Å². The molecule has 0 rings (SSSR count). The van der Waals surface area contributed by atoms with E-state index in [1.54, 1.807) is 0 Å². The fourth-order valence-corrected chi connectivity index (χ4v) is 0. The SMILES string of the molecule is NCCN.O.[Cl-].[Cl-].[Cl-].[Cr+3]. The summed E-state index contributed by atoms with van der Waals surface area (Å²) in [6, 6.07) is 0. The van der Waals surface area contributed by atoms with Gasteiger partial charge in [0.2, 0.25) is 0 Å². The molecular formula is C2H10Cl3CrN2O. The standard InChI is InChI=1S/C2H8N2.3ClH.Cr.H2O/c3-1-2-4;;;;;/h1-4H2;3*1H;;1H2/q;;;;+3;/p-3. The smallest absolute Gasteiger partial charge is 1.00 e. The van der Waals surface area contributed by atoms with E-state index in [0.29, 0.717) is 13.1 Å². The van der Waals surface area contributed by atoms with Crippen molar-refractivity contribution in [2.24, 2.45) is 11.5 Å². The van der Waals surface area contributed by atoms with Crippen molar-refractivity contribution >= 4 is 0 Å². The molecule has 0 fully saturated rings. The quantitative estimate of drug-likeness (QED) is 0.474. The summed E-state index contributed by atoms with van der Waals surface area (Å²) >= 11 is 0. The molecule has 0 unspecified atom stereocenters. The predicted molar refractivity (Wildman–Crippen MR) is 21.7 cm³/mol. The maximum absolute atomic E-state index is 4.90. The minimum atomic E-state index is 0. The van der Waals surface area contributed by atoms with E-state index >= 15 is 0 Å². The summed E-state index contributed by atoms with van der Waals surface area (Å²) < 4.78 is 0. The van der Waals surface area contributed by atoms with E-state index in [2.05, 4.69) is 0 Å². The van der Waals surface area contributed by atoms with E-state index < -0.39 is 0 Å². The van der Waals surface area contributed by atoms with Crippen molar-refractivity contribution in [3.63, 3.8) is 0 Å². The van der Waals surface area contributed by atoms with Crippen molar-refractivity contribution in [1.82, 2.24) is 0 Å². The largest absolute Gasteiger partial charge is 3.00 e. The molecule has 0 heterocycles. The molecule has 7 heteroatoms. The van der Waals surface area contributed by atoms with Crippen LogP contribution in [-0.2, 0) is 17.4 Å². The Bertz CT molecular complexity index is 21.8. The first-order valence-electron chi connectivity index (χ1n) is 1.32. The minimum Gasteiger partial charge on any atom is -1.00 e. The molecule has 1 radical (unpaired) electrons. The summed E-state index contributed by atoms with van der Waals surface area (Å²) in [5.74, 6) is 0. The first-order valence-corrected chi connectivity index (χ1v) is 1.32. The number of hydrogen-bond donors (Lipinski definition) is 2. The van der Waals surface area contributed by atoms with Crippen molar-refractivity contribution in [3.8, 4) is 0 Å². The van der Waals surface area contributed by atoms with Crippen LogP contribution in [0.2, 0.25) is 0 Å². The average Bonchev–Trinajstić information content (AvgIpc) is 1.37. The maximum Gasteiger partial charge on any atom is 3.00 e. The third-order valence-corrected chi connectivity index (χ3v) is 0.167. The summed E-state index contributed by atoms with van der Waals surface area (Å²) in [4.78, 5) is 0. The molecule has 0 amide bonds. The third-order valence-electron chi connectivity index (χ3n) is 0.167. The van der Waals surface area contributed by atoms with Crippen LogP contribution >= 0.6 is 0 Å². The molecule has 9 heavy (non-hydrogen) atoms. The van der Waals surface area contributed by atoms with E-state index in [4.69, 9.17) is 11.5 Å². The monoisotopic (exact) mass is 235 g/mol. The molecule has 0 aliphatic carbocycles. The zero-order valence-electron chi connectivity index (χ0n) is 4.61. The molecule has 0 saturated carbocycles. The van der Waals surface area contributed by atoms with Crippen LogP contribution in [0.5, 0.6) is 0 Å². The maximum atomic E-state index is 4.90. The van der Waals surface area contributed by atoms with Crippen LogP contribution in [0.3, 0.4) is 0 Å². The zero-order chi connectivity index (χ0) is 3.41. The van der Waals surface area contributed by atoms with Gasteiger partial charge < -0.3 is 54.2 Å². The van der Waals surface area contributed by atoms with Crippen molar-refractivity contribution in [2.75, 3.05) is 13.1 Å². The third kappa shape index (κ3) is 94.5. The molecule has 0 bridgehead atoms. The van der Waals surface area contributed by atoms with Gasteiger partial charge in [-0.2, -0.15) is 0 Å². The number of rotatable bonds is 1. The van der Waals surface area contributed by atoms with Crippen LogP contribution in [0.25, 0.3) is 0 Å². The Balaban J connectivity index is -0.00000000450. The second-order valence-electron chi connectivity index (χ2n) is 0.577. The number of halogens is 3. The second kappa shape index (κ2) is 59.1. The van der Waals surface area contributed by atoms with Gasteiger partial charge in [-0.1, -0.05) is 0 Å². The Hall–Kier alpha value is 1.28. The fourth-order valence-electron chi connectivity index (χ4n) is 0. The Morgan fingerprint density at radius 1 is 0.778 bits per heavy atom. The predicted octanol–water partition coefficient (Wildman–Crippen LogP) is -10.9. The van der Waals surface area contributed by atoms with Gasteiger partial charge in [0, 0.05) is 13.1 Å². The molecule has 3 nitrogen and oxygen atoms in total. The van der Waals surface area contributed by atoms with Gasteiger partial charge in [0.1, 0.15) is 0 Å². The van der Waals surface area contributed by atoms with Crippen LogP contribution in [0, 0.1) is 0 Å². The van der Waals surface area contributed by atoms with Gasteiger partial charge in [-0.05, 0) is 0 Å². The van der Waals surface area contributed by atoms with E-state index in [0.717, 1.165) is 0 Å². The van der Waals surface area contributed by atoms with Crippen molar-refractivity contribution in [3.05, 3.63) is 0 Å². The molecule has 0 aromatic rings. The molecule has 0 saturated heterocycles. The molecule has 0 aliphatic heterocycles. The molecular weight excluding hydrogens is 226 g/mol. The second-order valence-corrected chi connectivity index (χ2v) is 0.577. The first kappa shape index (κ1) is 48.3. The summed E-state index contributed by atoms with van der Waals surface area (Å²) in [7, 11) is 0. The molecule has 0 atom stereocenters. The van der Waals surface area contributed by atoms with E-state index in [1.165, 1.54) is 0 Å². The van der Waals surface area contributed by atoms with Gasteiger partial charge >= 0.3 is 17.4 Å². The Morgan fingerprint density at radius 2 is 0.889 bits per heavy atom. The van der Waals surface area contributed by atoms with Crippen molar-refractivity contribution < 1.29 is 60.1 Å². The van der Waals surface area contributed by atoms with E-state index in [1.807, 2.05) is 0 Å². The summed E-state index contributed by atoms with van der Waals surface area (Å²) in [6.45, 7) is 1.19. The molecule has 0 aromatic heterocycles. The molecule has 0 spiro atoms. The van der Waals surface area contributed by atoms with Crippen molar-refractivity contribution in [2.45, 2.75) is 0 Å². The normalized spacial score (nSPS) is 3.33. The summed E-state index contributed by atoms with van der Waals surface area (Å²) in [6.07, 6.45) is 0. The summed E-state index contributed by atoms with van der Waals surface area (Å²) in [5.41, 5.74) is 9.81. The average molecular weight is 236 g/mol. The van der Waals surface area contributed by atoms with Gasteiger partial charge in [-0.15, -0.1) is 0 Å². The van der Waals surface area contributed by atoms with Gasteiger partial charge in [0.25, 0.3) is 0 Å². The van der Waals surface area contributed by atoms with Gasteiger partial charge in [-0.3, -0.25) is 0 Å².